The number of likely N-dealkylation sites (tertiary alicyclic amines) is 1. The van der Waals surface area contributed by atoms with Crippen LogP contribution >= 0.6 is 0 Å². The molecule has 0 spiro atoms. The van der Waals surface area contributed by atoms with Crippen LogP contribution in [-0.2, 0) is 20.5 Å². The number of benzene rings is 1. The number of aryl methyl sites for hydroxylation is 1. The lowest BCUT2D eigenvalue weighted by atomic mass is 10.0. The fourth-order valence-corrected chi connectivity index (χ4v) is 4.31. The minimum Gasteiger partial charge on any atom is -0.444 e. The quantitative estimate of drug-likeness (QED) is 0.848. The van der Waals surface area contributed by atoms with Crippen LogP contribution in [0.2, 0.25) is 0 Å². The molecule has 0 aliphatic carbocycles. The van der Waals surface area contributed by atoms with Gasteiger partial charge >= 0.3 is 6.09 Å². The van der Waals surface area contributed by atoms with Gasteiger partial charge in [0.25, 0.3) is 0 Å². The lowest BCUT2D eigenvalue weighted by Crippen LogP contribution is -2.50. The van der Waals surface area contributed by atoms with Crippen molar-refractivity contribution in [3.8, 4) is 0 Å². The molecule has 0 saturated carbocycles. The molecule has 0 unspecified atom stereocenters. The van der Waals surface area contributed by atoms with Crippen molar-refractivity contribution in [2.24, 2.45) is 0 Å². The van der Waals surface area contributed by atoms with E-state index in [-0.39, 0.29) is 24.4 Å². The van der Waals surface area contributed by atoms with Crippen LogP contribution in [0.5, 0.6) is 0 Å². The molecule has 1 atom stereocenters. The molecule has 2 rings (SSSR count). The van der Waals surface area contributed by atoms with Gasteiger partial charge in [-0.3, -0.25) is 0 Å². The van der Waals surface area contributed by atoms with Crippen molar-refractivity contribution in [2.75, 3.05) is 13.1 Å². The highest BCUT2D eigenvalue weighted by Gasteiger charge is 2.31. The van der Waals surface area contributed by atoms with Gasteiger partial charge in [-0.2, -0.15) is 0 Å². The molecule has 1 amide bonds. The summed E-state index contributed by atoms with van der Waals surface area (Å²) in [5.41, 5.74) is 1.17. The predicted octanol–water partition coefficient (Wildman–Crippen LogP) is 3.20. The number of hydrogen-bond donors (Lipinski definition) is 1. The Hall–Kier alpha value is -1.60. The molecule has 1 heterocycles. The second-order valence-corrected chi connectivity index (χ2v) is 9.66. The van der Waals surface area contributed by atoms with E-state index in [0.29, 0.717) is 6.54 Å². The monoisotopic (exact) mass is 382 g/mol. The summed E-state index contributed by atoms with van der Waals surface area (Å²) in [7, 11) is -3.47. The van der Waals surface area contributed by atoms with E-state index in [1.54, 1.807) is 4.90 Å². The van der Waals surface area contributed by atoms with Gasteiger partial charge in [-0.25, -0.2) is 17.9 Å². The third kappa shape index (κ3) is 6.29. The van der Waals surface area contributed by atoms with Gasteiger partial charge in [0.15, 0.2) is 0 Å². The Morgan fingerprint density at radius 2 is 1.96 bits per heavy atom. The van der Waals surface area contributed by atoms with E-state index in [0.717, 1.165) is 30.4 Å². The van der Waals surface area contributed by atoms with Gasteiger partial charge in [-0.05, 0) is 58.1 Å². The maximum absolute atomic E-state index is 12.5. The highest BCUT2D eigenvalue weighted by molar-refractivity contribution is 7.88. The summed E-state index contributed by atoms with van der Waals surface area (Å²) in [6, 6.07) is 7.27. The fourth-order valence-electron chi connectivity index (χ4n) is 3.02. The number of nitrogens with one attached hydrogen (secondary N) is 1. The number of carbonyl (C=O) groups excluding carboxylic acids is 1. The zero-order valence-corrected chi connectivity index (χ0v) is 16.9. The van der Waals surface area contributed by atoms with E-state index in [1.165, 1.54) is 0 Å². The Labute approximate surface area is 157 Å². The van der Waals surface area contributed by atoms with Gasteiger partial charge in [0.05, 0.1) is 5.75 Å². The number of hydrogen-bond acceptors (Lipinski definition) is 4. The van der Waals surface area contributed by atoms with E-state index >= 15 is 0 Å². The zero-order valence-electron chi connectivity index (χ0n) is 16.1. The van der Waals surface area contributed by atoms with Crippen LogP contribution in [0.25, 0.3) is 0 Å². The van der Waals surface area contributed by atoms with Crippen molar-refractivity contribution >= 4 is 16.1 Å². The third-order valence-corrected chi connectivity index (χ3v) is 5.70. The van der Waals surface area contributed by atoms with Crippen LogP contribution in [0.3, 0.4) is 0 Å². The van der Waals surface area contributed by atoms with Gasteiger partial charge in [0, 0.05) is 19.1 Å². The second-order valence-electron chi connectivity index (χ2n) is 7.86. The summed E-state index contributed by atoms with van der Waals surface area (Å²) < 4.78 is 33.0. The highest BCUT2D eigenvalue weighted by Crippen LogP contribution is 2.20. The van der Waals surface area contributed by atoms with Crippen molar-refractivity contribution < 1.29 is 17.9 Å². The normalized spacial score (nSPS) is 18.6. The Kier molecular flexibility index (Phi) is 6.69. The fraction of sp³-hybridized carbons (Fsp3) is 0.632. The molecule has 1 aliphatic rings. The van der Waals surface area contributed by atoms with Gasteiger partial charge in [0.2, 0.25) is 10.0 Å². The largest absolute Gasteiger partial charge is 0.444 e. The highest BCUT2D eigenvalue weighted by atomic mass is 32.2. The second kappa shape index (κ2) is 8.39. The summed E-state index contributed by atoms with van der Waals surface area (Å²) in [6.07, 6.45) is 2.28. The SMILES string of the molecule is Cc1ccccc1CS(=O)(=O)NC[C@H]1CCCCN1C(=O)OC(C)(C)C. The summed E-state index contributed by atoms with van der Waals surface area (Å²) in [4.78, 5) is 14.1. The van der Waals surface area contributed by atoms with Crippen molar-refractivity contribution in [3.05, 3.63) is 35.4 Å². The molecule has 146 valence electrons. The van der Waals surface area contributed by atoms with Crippen LogP contribution in [-0.4, -0.2) is 44.1 Å². The molecule has 1 saturated heterocycles. The molecule has 1 aromatic rings. The average molecular weight is 383 g/mol. The average Bonchev–Trinajstić information content (AvgIpc) is 2.54. The van der Waals surface area contributed by atoms with Crippen LogP contribution < -0.4 is 4.72 Å². The molecular formula is C19H30N2O4S. The number of carbonyl (C=O) groups is 1. The van der Waals surface area contributed by atoms with E-state index in [2.05, 4.69) is 4.72 Å². The Morgan fingerprint density at radius 1 is 1.27 bits per heavy atom. The number of nitrogens with zero attached hydrogens (tertiary/aromatic N) is 1. The van der Waals surface area contributed by atoms with E-state index in [9.17, 15) is 13.2 Å². The molecule has 1 fully saturated rings. The van der Waals surface area contributed by atoms with Crippen LogP contribution in [0.4, 0.5) is 4.79 Å². The Morgan fingerprint density at radius 3 is 2.62 bits per heavy atom. The lowest BCUT2D eigenvalue weighted by Gasteiger charge is -2.36. The minimum atomic E-state index is -3.47. The molecular weight excluding hydrogens is 352 g/mol. The summed E-state index contributed by atoms with van der Waals surface area (Å²) in [5, 5.41) is 0. The Balaban J connectivity index is 1.99. The van der Waals surface area contributed by atoms with E-state index in [4.69, 9.17) is 4.74 Å². The number of amides is 1. The molecule has 1 N–H and O–H groups in total. The van der Waals surface area contributed by atoms with E-state index in [1.807, 2.05) is 52.0 Å². The van der Waals surface area contributed by atoms with Crippen LogP contribution in [0.15, 0.2) is 24.3 Å². The van der Waals surface area contributed by atoms with Gasteiger partial charge in [-0.1, -0.05) is 24.3 Å². The molecule has 1 aliphatic heterocycles. The van der Waals surface area contributed by atoms with Crippen LogP contribution in [0, 0.1) is 6.92 Å². The molecule has 1 aromatic carbocycles. The topological polar surface area (TPSA) is 75.7 Å². The van der Waals surface area contributed by atoms with Crippen LogP contribution in [0.1, 0.15) is 51.2 Å². The number of piperidine rings is 1. The third-order valence-electron chi connectivity index (χ3n) is 4.40. The summed E-state index contributed by atoms with van der Waals surface area (Å²) >= 11 is 0. The predicted molar refractivity (Wildman–Crippen MR) is 102 cm³/mol. The lowest BCUT2D eigenvalue weighted by molar-refractivity contribution is 0.0105. The Bertz CT molecular complexity index is 725. The maximum Gasteiger partial charge on any atom is 0.410 e. The summed E-state index contributed by atoms with van der Waals surface area (Å²) in [5.74, 6) is -0.0567. The first kappa shape index (κ1) is 20.7. The maximum atomic E-state index is 12.5. The molecule has 0 radical (unpaired) electrons. The van der Waals surface area contributed by atoms with Crippen molar-refractivity contribution in [1.29, 1.82) is 0 Å². The molecule has 26 heavy (non-hydrogen) atoms. The minimum absolute atomic E-state index is 0.0567. The first-order valence-corrected chi connectivity index (χ1v) is 10.7. The van der Waals surface area contributed by atoms with Crippen molar-refractivity contribution in [3.63, 3.8) is 0 Å². The van der Waals surface area contributed by atoms with E-state index < -0.39 is 15.6 Å². The number of ether oxygens (including phenoxy) is 1. The smallest absolute Gasteiger partial charge is 0.410 e. The zero-order chi connectivity index (χ0) is 19.4. The first-order valence-electron chi connectivity index (χ1n) is 9.09. The van der Waals surface area contributed by atoms with Gasteiger partial charge in [0.1, 0.15) is 5.60 Å². The van der Waals surface area contributed by atoms with Crippen molar-refractivity contribution in [1.82, 2.24) is 9.62 Å². The van der Waals surface area contributed by atoms with Gasteiger partial charge < -0.3 is 9.64 Å². The summed E-state index contributed by atoms with van der Waals surface area (Å²) in [6.45, 7) is 8.20. The number of sulfonamides is 1. The molecule has 7 heteroatoms. The molecule has 6 nitrogen and oxygen atoms in total. The molecule has 0 bridgehead atoms. The molecule has 0 aromatic heterocycles. The first-order chi connectivity index (χ1) is 12.1. The van der Waals surface area contributed by atoms with Crippen molar-refractivity contribution in [2.45, 2.75) is 64.4 Å². The standard InChI is InChI=1S/C19H30N2O4S/c1-15-9-5-6-10-16(15)14-26(23,24)20-13-17-11-7-8-12-21(17)18(22)25-19(2,3)4/h5-6,9-10,17,20H,7-8,11-14H2,1-4H3/t17-/m1/s1. The van der Waals surface area contributed by atoms with Gasteiger partial charge in [-0.15, -0.1) is 0 Å². The number of rotatable bonds is 5.